The van der Waals surface area contributed by atoms with Gasteiger partial charge in [-0.1, -0.05) is 80.6 Å². The largest absolute Gasteiger partial charge is 0.299 e. The SMILES string of the molecule is CCCCCC(CC)N(CC)CCN(CC)C(CCC)C(C)CCC. The van der Waals surface area contributed by atoms with Crippen molar-refractivity contribution in [2.24, 2.45) is 5.92 Å². The first kappa shape index (κ1) is 24.9. The number of nitrogens with zero attached hydrogens (tertiary/aromatic N) is 2. The van der Waals surface area contributed by atoms with Crippen molar-refractivity contribution in [1.29, 1.82) is 0 Å². The summed E-state index contributed by atoms with van der Waals surface area (Å²) in [6, 6.07) is 1.56. The van der Waals surface area contributed by atoms with Crippen LogP contribution < -0.4 is 0 Å². The van der Waals surface area contributed by atoms with Gasteiger partial charge in [-0.2, -0.15) is 0 Å². The van der Waals surface area contributed by atoms with Crippen LogP contribution in [0.2, 0.25) is 0 Å². The Kier molecular flexibility index (Phi) is 16.1. The molecule has 25 heavy (non-hydrogen) atoms. The Morgan fingerprint density at radius 1 is 0.640 bits per heavy atom. The lowest BCUT2D eigenvalue weighted by molar-refractivity contribution is 0.103. The molecule has 0 rings (SSSR count). The van der Waals surface area contributed by atoms with E-state index < -0.39 is 0 Å². The van der Waals surface area contributed by atoms with Crippen molar-refractivity contribution in [2.45, 2.75) is 118 Å². The molecular weight excluding hydrogens is 304 g/mol. The number of hydrogen-bond acceptors (Lipinski definition) is 2. The summed E-state index contributed by atoms with van der Waals surface area (Å²) < 4.78 is 0. The maximum atomic E-state index is 2.78. The molecule has 0 bridgehead atoms. The minimum absolute atomic E-state index is 0.772. The zero-order valence-corrected chi connectivity index (χ0v) is 18.8. The Labute approximate surface area is 160 Å². The Hall–Kier alpha value is -0.0800. The highest BCUT2D eigenvalue weighted by molar-refractivity contribution is 4.78. The molecule has 0 saturated heterocycles. The molecule has 3 unspecified atom stereocenters. The lowest BCUT2D eigenvalue weighted by Crippen LogP contribution is -2.46. The standard InChI is InChI=1S/C23H50N2/c1-8-14-15-18-22(11-4)24(12-5)19-20-25(13-6)23(17-10-3)21(7)16-9-2/h21-23H,8-20H2,1-7H3. The van der Waals surface area contributed by atoms with Crippen molar-refractivity contribution in [2.75, 3.05) is 26.2 Å². The molecule has 0 aromatic rings. The van der Waals surface area contributed by atoms with Crippen LogP contribution in [0.25, 0.3) is 0 Å². The molecule has 152 valence electrons. The Morgan fingerprint density at radius 2 is 1.24 bits per heavy atom. The number of hydrogen-bond donors (Lipinski definition) is 0. The maximum absolute atomic E-state index is 2.78. The topological polar surface area (TPSA) is 6.48 Å². The van der Waals surface area contributed by atoms with Crippen LogP contribution in [0, 0.1) is 5.92 Å². The van der Waals surface area contributed by atoms with E-state index in [0.717, 1.165) is 18.0 Å². The third-order valence-corrected chi connectivity index (χ3v) is 6.07. The predicted octanol–water partition coefficient (Wildman–Crippen LogP) is 6.59. The number of rotatable bonds is 17. The van der Waals surface area contributed by atoms with Crippen LogP contribution in [0.3, 0.4) is 0 Å². The van der Waals surface area contributed by atoms with Gasteiger partial charge in [-0.05, 0) is 44.7 Å². The van der Waals surface area contributed by atoms with E-state index in [1.807, 2.05) is 0 Å². The normalized spacial score (nSPS) is 15.7. The van der Waals surface area contributed by atoms with E-state index in [1.165, 1.54) is 84.0 Å². The van der Waals surface area contributed by atoms with Gasteiger partial charge in [0, 0.05) is 25.2 Å². The van der Waals surface area contributed by atoms with Gasteiger partial charge < -0.3 is 0 Å². The minimum atomic E-state index is 0.772. The summed E-state index contributed by atoms with van der Waals surface area (Å²) in [4.78, 5) is 5.54. The lowest BCUT2D eigenvalue weighted by atomic mass is 9.92. The van der Waals surface area contributed by atoms with Crippen LogP contribution in [-0.4, -0.2) is 48.1 Å². The second-order valence-corrected chi connectivity index (χ2v) is 7.94. The molecule has 0 aliphatic heterocycles. The average Bonchev–Trinajstić information content (AvgIpc) is 2.62. The van der Waals surface area contributed by atoms with Gasteiger partial charge in [0.25, 0.3) is 0 Å². The number of unbranched alkanes of at least 4 members (excludes halogenated alkanes) is 2. The smallest absolute Gasteiger partial charge is 0.0121 e. The molecule has 0 N–H and O–H groups in total. The summed E-state index contributed by atoms with van der Waals surface area (Å²) in [5, 5.41) is 0. The minimum Gasteiger partial charge on any atom is -0.299 e. The van der Waals surface area contributed by atoms with Crippen LogP contribution in [0.1, 0.15) is 106 Å². The molecule has 2 nitrogen and oxygen atoms in total. The van der Waals surface area contributed by atoms with E-state index in [0.29, 0.717) is 0 Å². The quantitative estimate of drug-likeness (QED) is 0.272. The van der Waals surface area contributed by atoms with Crippen molar-refractivity contribution in [3.63, 3.8) is 0 Å². The first-order valence-electron chi connectivity index (χ1n) is 11.6. The third-order valence-electron chi connectivity index (χ3n) is 6.07. The van der Waals surface area contributed by atoms with Gasteiger partial charge in [-0.15, -0.1) is 0 Å². The predicted molar refractivity (Wildman–Crippen MR) is 115 cm³/mol. The molecule has 0 aliphatic carbocycles. The van der Waals surface area contributed by atoms with Crippen molar-refractivity contribution < 1.29 is 0 Å². The average molecular weight is 355 g/mol. The third kappa shape index (κ3) is 9.99. The molecule has 0 aliphatic rings. The molecule has 0 saturated carbocycles. The lowest BCUT2D eigenvalue weighted by Gasteiger charge is -2.38. The molecule has 0 amide bonds. The van der Waals surface area contributed by atoms with Crippen LogP contribution in [-0.2, 0) is 0 Å². The molecule has 0 spiro atoms. The second kappa shape index (κ2) is 16.1. The Bertz CT molecular complexity index is 279. The van der Waals surface area contributed by atoms with Crippen LogP contribution >= 0.6 is 0 Å². The van der Waals surface area contributed by atoms with E-state index in [2.05, 4.69) is 58.3 Å². The summed E-state index contributed by atoms with van der Waals surface area (Å²) in [6.45, 7) is 21.4. The molecule has 3 atom stereocenters. The van der Waals surface area contributed by atoms with E-state index in [1.54, 1.807) is 0 Å². The summed E-state index contributed by atoms with van der Waals surface area (Å²) >= 11 is 0. The summed E-state index contributed by atoms with van der Waals surface area (Å²) in [6.07, 6.45) is 12.2. The second-order valence-electron chi connectivity index (χ2n) is 7.94. The molecule has 0 radical (unpaired) electrons. The van der Waals surface area contributed by atoms with Gasteiger partial charge in [0.05, 0.1) is 0 Å². The Morgan fingerprint density at radius 3 is 1.72 bits per heavy atom. The fourth-order valence-corrected chi connectivity index (χ4v) is 4.46. The van der Waals surface area contributed by atoms with Gasteiger partial charge in [0.2, 0.25) is 0 Å². The number of likely N-dealkylation sites (N-methyl/N-ethyl adjacent to an activating group) is 2. The summed E-state index contributed by atoms with van der Waals surface area (Å²) in [7, 11) is 0. The van der Waals surface area contributed by atoms with Crippen LogP contribution in [0.4, 0.5) is 0 Å². The van der Waals surface area contributed by atoms with E-state index in [-0.39, 0.29) is 0 Å². The molecular formula is C23H50N2. The van der Waals surface area contributed by atoms with Gasteiger partial charge >= 0.3 is 0 Å². The highest BCUT2D eigenvalue weighted by atomic mass is 15.2. The van der Waals surface area contributed by atoms with Gasteiger partial charge in [-0.3, -0.25) is 9.80 Å². The zero-order valence-electron chi connectivity index (χ0n) is 18.8. The maximum Gasteiger partial charge on any atom is 0.0121 e. The van der Waals surface area contributed by atoms with Crippen molar-refractivity contribution in [3.05, 3.63) is 0 Å². The summed E-state index contributed by atoms with van der Waals surface area (Å²) in [5.74, 6) is 0.825. The van der Waals surface area contributed by atoms with Crippen molar-refractivity contribution in [1.82, 2.24) is 9.80 Å². The Balaban J connectivity index is 4.72. The van der Waals surface area contributed by atoms with Crippen molar-refractivity contribution >= 4 is 0 Å². The molecule has 0 aromatic carbocycles. The molecule has 2 heteroatoms. The molecule has 0 aromatic heterocycles. The van der Waals surface area contributed by atoms with Gasteiger partial charge in [0.1, 0.15) is 0 Å². The van der Waals surface area contributed by atoms with Crippen LogP contribution in [0.5, 0.6) is 0 Å². The van der Waals surface area contributed by atoms with Crippen molar-refractivity contribution in [3.8, 4) is 0 Å². The van der Waals surface area contributed by atoms with Gasteiger partial charge in [0.15, 0.2) is 0 Å². The van der Waals surface area contributed by atoms with E-state index in [9.17, 15) is 0 Å². The molecule has 0 heterocycles. The van der Waals surface area contributed by atoms with Crippen LogP contribution in [0.15, 0.2) is 0 Å². The fourth-order valence-electron chi connectivity index (χ4n) is 4.46. The molecule has 0 fully saturated rings. The highest BCUT2D eigenvalue weighted by Crippen LogP contribution is 2.21. The zero-order chi connectivity index (χ0) is 19.1. The monoisotopic (exact) mass is 354 g/mol. The van der Waals surface area contributed by atoms with E-state index in [4.69, 9.17) is 0 Å². The van der Waals surface area contributed by atoms with E-state index >= 15 is 0 Å². The van der Waals surface area contributed by atoms with Gasteiger partial charge in [-0.25, -0.2) is 0 Å². The first-order chi connectivity index (χ1) is 12.1. The fraction of sp³-hybridized carbons (Fsp3) is 1.00. The highest BCUT2D eigenvalue weighted by Gasteiger charge is 2.23. The first-order valence-corrected chi connectivity index (χ1v) is 11.6. The summed E-state index contributed by atoms with van der Waals surface area (Å²) in [5.41, 5.74) is 0.